The molecule has 1 aromatic rings. The zero-order chi connectivity index (χ0) is 10.4. The van der Waals surface area contributed by atoms with Gasteiger partial charge in [0.05, 0.1) is 5.75 Å². The van der Waals surface area contributed by atoms with Crippen LogP contribution in [0.5, 0.6) is 0 Å². The zero-order valence-electron chi connectivity index (χ0n) is 8.04. The first kappa shape index (κ1) is 11.1. The number of aromatic amines is 1. The molecule has 4 N–H and O–H groups in total. The fraction of sp³-hybridized carbons (Fsp3) is 0.500. The Morgan fingerprint density at radius 3 is 3.14 bits per heavy atom. The van der Waals surface area contributed by atoms with Gasteiger partial charge in [0.15, 0.2) is 5.82 Å². The summed E-state index contributed by atoms with van der Waals surface area (Å²) >= 11 is 1.51. The third-order valence-electron chi connectivity index (χ3n) is 1.47. The average Bonchev–Trinajstić information content (AvgIpc) is 2.52. The largest absolute Gasteiger partial charge is 0.330 e. The molecule has 0 bridgehead atoms. The molecule has 0 aromatic carbocycles. The molecule has 0 aliphatic heterocycles. The molecule has 5 nitrogen and oxygen atoms in total. The van der Waals surface area contributed by atoms with E-state index in [1.54, 1.807) is 6.07 Å². The molecular formula is C8H14N4OS. The van der Waals surface area contributed by atoms with E-state index in [4.69, 9.17) is 5.73 Å². The van der Waals surface area contributed by atoms with Crippen molar-refractivity contribution in [3.63, 3.8) is 0 Å². The fourth-order valence-corrected chi connectivity index (χ4v) is 1.48. The first-order chi connectivity index (χ1) is 6.72. The minimum atomic E-state index is -0.0463. The van der Waals surface area contributed by atoms with Crippen molar-refractivity contribution in [2.45, 2.75) is 6.92 Å². The quantitative estimate of drug-likeness (QED) is 0.617. The summed E-state index contributed by atoms with van der Waals surface area (Å²) in [6, 6.07) is 1.78. The van der Waals surface area contributed by atoms with Gasteiger partial charge >= 0.3 is 0 Å². The third-order valence-corrected chi connectivity index (χ3v) is 2.46. The number of rotatable bonds is 5. The first-order valence-corrected chi connectivity index (χ1v) is 5.47. The summed E-state index contributed by atoms with van der Waals surface area (Å²) in [6.07, 6.45) is 0. The molecule has 0 aliphatic rings. The van der Waals surface area contributed by atoms with Crippen LogP contribution in [0.25, 0.3) is 0 Å². The van der Waals surface area contributed by atoms with Crippen molar-refractivity contribution in [2.24, 2.45) is 5.73 Å². The van der Waals surface area contributed by atoms with Crippen molar-refractivity contribution in [3.8, 4) is 0 Å². The van der Waals surface area contributed by atoms with E-state index in [0.29, 0.717) is 18.1 Å². The Labute approximate surface area is 86.8 Å². The highest BCUT2D eigenvalue weighted by atomic mass is 32.2. The van der Waals surface area contributed by atoms with Gasteiger partial charge in [-0.1, -0.05) is 0 Å². The molecule has 0 unspecified atom stereocenters. The number of thioether (sulfide) groups is 1. The van der Waals surface area contributed by atoms with Crippen LogP contribution in [0.1, 0.15) is 5.69 Å². The van der Waals surface area contributed by atoms with Crippen molar-refractivity contribution in [2.75, 3.05) is 23.4 Å². The highest BCUT2D eigenvalue weighted by Gasteiger charge is 2.03. The normalized spacial score (nSPS) is 10.1. The maximum Gasteiger partial charge on any atom is 0.235 e. The smallest absolute Gasteiger partial charge is 0.235 e. The standard InChI is InChI=1S/C8H14N4OS/c1-6-4-7(12-11-6)10-8(13)5-14-3-2-9/h4H,2-3,5,9H2,1H3,(H2,10,11,12,13). The second-order valence-corrected chi connectivity index (χ2v) is 3.93. The molecule has 1 aromatic heterocycles. The fourth-order valence-electron chi connectivity index (χ4n) is 0.909. The highest BCUT2D eigenvalue weighted by molar-refractivity contribution is 7.99. The third kappa shape index (κ3) is 3.80. The summed E-state index contributed by atoms with van der Waals surface area (Å²) in [5.41, 5.74) is 6.23. The van der Waals surface area contributed by atoms with E-state index >= 15 is 0 Å². The topological polar surface area (TPSA) is 83.8 Å². The molecule has 1 rings (SSSR count). The van der Waals surface area contributed by atoms with Gasteiger partial charge in [0, 0.05) is 24.1 Å². The van der Waals surface area contributed by atoms with Gasteiger partial charge in [-0.2, -0.15) is 16.9 Å². The van der Waals surface area contributed by atoms with E-state index in [9.17, 15) is 4.79 Å². The van der Waals surface area contributed by atoms with E-state index in [1.807, 2.05) is 6.92 Å². The Balaban J connectivity index is 2.27. The van der Waals surface area contributed by atoms with Gasteiger partial charge in [-0.15, -0.1) is 0 Å². The molecule has 0 fully saturated rings. The lowest BCUT2D eigenvalue weighted by Crippen LogP contribution is -2.15. The van der Waals surface area contributed by atoms with E-state index in [0.717, 1.165) is 11.4 Å². The summed E-state index contributed by atoms with van der Waals surface area (Å²) in [7, 11) is 0. The molecule has 1 amide bonds. The molecule has 0 aliphatic carbocycles. The molecule has 0 saturated carbocycles. The van der Waals surface area contributed by atoms with E-state index in [2.05, 4.69) is 15.5 Å². The van der Waals surface area contributed by atoms with Crippen molar-refractivity contribution < 1.29 is 4.79 Å². The van der Waals surface area contributed by atoms with Gasteiger partial charge in [0.25, 0.3) is 0 Å². The van der Waals surface area contributed by atoms with E-state index < -0.39 is 0 Å². The van der Waals surface area contributed by atoms with Crippen molar-refractivity contribution in [1.82, 2.24) is 10.2 Å². The van der Waals surface area contributed by atoms with Gasteiger partial charge in [-0.3, -0.25) is 9.89 Å². The van der Waals surface area contributed by atoms with Crippen LogP contribution >= 0.6 is 11.8 Å². The number of aryl methyl sites for hydroxylation is 1. The van der Waals surface area contributed by atoms with Crippen LogP contribution in [0.4, 0.5) is 5.82 Å². The van der Waals surface area contributed by atoms with Crippen molar-refractivity contribution in [3.05, 3.63) is 11.8 Å². The summed E-state index contributed by atoms with van der Waals surface area (Å²) < 4.78 is 0. The lowest BCUT2D eigenvalue weighted by atomic mass is 10.5. The van der Waals surface area contributed by atoms with E-state index in [-0.39, 0.29) is 5.91 Å². The lowest BCUT2D eigenvalue weighted by Gasteiger charge is -2.00. The monoisotopic (exact) mass is 214 g/mol. The molecule has 0 saturated heterocycles. The molecule has 0 spiro atoms. The summed E-state index contributed by atoms with van der Waals surface area (Å²) in [5, 5.41) is 9.32. The number of H-pyrrole nitrogens is 1. The Morgan fingerprint density at radius 2 is 2.57 bits per heavy atom. The molecular weight excluding hydrogens is 200 g/mol. The summed E-state index contributed by atoms with van der Waals surface area (Å²) in [6.45, 7) is 2.48. The number of nitrogens with two attached hydrogens (primary N) is 1. The molecule has 0 radical (unpaired) electrons. The summed E-state index contributed by atoms with van der Waals surface area (Å²) in [5.74, 6) is 1.74. The van der Waals surface area contributed by atoms with Crippen LogP contribution in [0.3, 0.4) is 0 Å². The number of anilines is 1. The minimum Gasteiger partial charge on any atom is -0.330 e. The Hall–Kier alpha value is -1.01. The number of carbonyl (C=O) groups excluding carboxylic acids is 1. The maximum atomic E-state index is 11.3. The molecule has 78 valence electrons. The van der Waals surface area contributed by atoms with Gasteiger partial charge in [-0.05, 0) is 6.92 Å². The zero-order valence-corrected chi connectivity index (χ0v) is 8.86. The number of carbonyl (C=O) groups is 1. The van der Waals surface area contributed by atoms with Gasteiger partial charge in [0.1, 0.15) is 0 Å². The van der Waals surface area contributed by atoms with Crippen LogP contribution in [0.2, 0.25) is 0 Å². The molecule has 1 heterocycles. The van der Waals surface area contributed by atoms with Crippen LogP contribution in [0, 0.1) is 6.92 Å². The van der Waals surface area contributed by atoms with Crippen LogP contribution < -0.4 is 11.1 Å². The average molecular weight is 214 g/mol. The number of nitrogens with one attached hydrogen (secondary N) is 2. The number of hydrogen-bond donors (Lipinski definition) is 3. The Kier molecular flexibility index (Phi) is 4.48. The predicted molar refractivity (Wildman–Crippen MR) is 58.3 cm³/mol. The Morgan fingerprint density at radius 1 is 1.79 bits per heavy atom. The number of hydrogen-bond acceptors (Lipinski definition) is 4. The highest BCUT2D eigenvalue weighted by Crippen LogP contribution is 2.05. The number of aromatic nitrogens is 2. The van der Waals surface area contributed by atoms with Crippen LogP contribution in [-0.2, 0) is 4.79 Å². The van der Waals surface area contributed by atoms with Crippen LogP contribution in [-0.4, -0.2) is 34.2 Å². The second-order valence-electron chi connectivity index (χ2n) is 2.83. The maximum absolute atomic E-state index is 11.3. The van der Waals surface area contributed by atoms with Gasteiger partial charge in [0.2, 0.25) is 5.91 Å². The minimum absolute atomic E-state index is 0.0463. The number of nitrogens with zero attached hydrogens (tertiary/aromatic N) is 1. The first-order valence-electron chi connectivity index (χ1n) is 4.32. The van der Waals surface area contributed by atoms with Gasteiger partial charge in [-0.25, -0.2) is 0 Å². The SMILES string of the molecule is Cc1cc(NC(=O)CSCCN)n[nH]1. The Bertz CT molecular complexity index is 299. The summed E-state index contributed by atoms with van der Waals surface area (Å²) in [4.78, 5) is 11.3. The lowest BCUT2D eigenvalue weighted by molar-refractivity contribution is -0.113. The predicted octanol–water partition coefficient (Wildman–Crippen LogP) is 0.349. The van der Waals surface area contributed by atoms with E-state index in [1.165, 1.54) is 11.8 Å². The second kappa shape index (κ2) is 5.66. The molecule has 6 heteroatoms. The van der Waals surface area contributed by atoms with Crippen molar-refractivity contribution in [1.29, 1.82) is 0 Å². The van der Waals surface area contributed by atoms with Gasteiger partial charge < -0.3 is 11.1 Å². The van der Waals surface area contributed by atoms with Crippen molar-refractivity contribution >= 4 is 23.5 Å². The molecule has 14 heavy (non-hydrogen) atoms. The van der Waals surface area contributed by atoms with Crippen LogP contribution in [0.15, 0.2) is 6.07 Å². The molecule has 0 atom stereocenters. The number of amides is 1.